The highest BCUT2D eigenvalue weighted by Crippen LogP contribution is 2.09. The zero-order chi connectivity index (χ0) is 12.0. The molecule has 1 aromatic carbocycles. The van der Waals surface area contributed by atoms with E-state index in [1.165, 1.54) is 0 Å². The third kappa shape index (κ3) is 2.92. The van der Waals surface area contributed by atoms with Gasteiger partial charge in [0.15, 0.2) is 6.29 Å². The molecule has 0 saturated heterocycles. The lowest BCUT2D eigenvalue weighted by molar-refractivity contribution is 0.0790. The number of amides is 1. The van der Waals surface area contributed by atoms with Crippen molar-refractivity contribution < 1.29 is 9.59 Å². The maximum atomic E-state index is 12.0. The van der Waals surface area contributed by atoms with Crippen LogP contribution in [-0.2, 0) is 0 Å². The topological polar surface area (TPSA) is 37.4 Å². The fourth-order valence-corrected chi connectivity index (χ4v) is 1.50. The summed E-state index contributed by atoms with van der Waals surface area (Å²) in [4.78, 5) is 24.5. The van der Waals surface area contributed by atoms with Gasteiger partial charge in [-0.15, -0.1) is 0 Å². The molecule has 1 rings (SSSR count). The van der Waals surface area contributed by atoms with Crippen LogP contribution in [0.4, 0.5) is 0 Å². The third-order valence-corrected chi connectivity index (χ3v) is 2.51. The first-order valence-electron chi connectivity index (χ1n) is 5.50. The summed E-state index contributed by atoms with van der Waals surface area (Å²) in [6.07, 6.45) is 2.75. The van der Waals surface area contributed by atoms with Crippen LogP contribution in [0.25, 0.3) is 0 Å². The molecule has 0 spiro atoms. The Morgan fingerprint density at radius 2 is 2.06 bits per heavy atom. The molecule has 3 nitrogen and oxygen atoms in total. The van der Waals surface area contributed by atoms with Crippen molar-refractivity contribution in [3.63, 3.8) is 0 Å². The molecule has 0 aliphatic rings. The number of carbonyl (C=O) groups excluding carboxylic acids is 2. The molecule has 1 amide bonds. The summed E-state index contributed by atoms with van der Waals surface area (Å²) in [5.41, 5.74) is 0.937. The minimum atomic E-state index is -0.0869. The normalized spacial score (nSPS) is 9.88. The summed E-state index contributed by atoms with van der Waals surface area (Å²) in [7, 11) is 1.76. The molecule has 0 aliphatic heterocycles. The molecular formula is C13H17NO2. The van der Waals surface area contributed by atoms with E-state index in [1.807, 2.05) is 0 Å². The van der Waals surface area contributed by atoms with Crippen molar-refractivity contribution in [2.24, 2.45) is 0 Å². The van der Waals surface area contributed by atoms with Crippen LogP contribution >= 0.6 is 0 Å². The van der Waals surface area contributed by atoms with E-state index < -0.39 is 0 Å². The Morgan fingerprint density at radius 1 is 1.38 bits per heavy atom. The minimum Gasteiger partial charge on any atom is -0.342 e. The molecular weight excluding hydrogens is 202 g/mol. The van der Waals surface area contributed by atoms with Gasteiger partial charge in [0.1, 0.15) is 0 Å². The summed E-state index contributed by atoms with van der Waals surface area (Å²) in [5, 5.41) is 0. The van der Waals surface area contributed by atoms with Crippen LogP contribution in [0.3, 0.4) is 0 Å². The predicted octanol–water partition coefficient (Wildman–Crippen LogP) is 2.37. The number of aldehydes is 1. The van der Waals surface area contributed by atoms with Gasteiger partial charge >= 0.3 is 0 Å². The molecule has 0 saturated carbocycles. The van der Waals surface area contributed by atoms with E-state index in [0.717, 1.165) is 25.7 Å². The van der Waals surface area contributed by atoms with E-state index >= 15 is 0 Å². The predicted molar refractivity (Wildman–Crippen MR) is 63.7 cm³/mol. The molecule has 0 aliphatic carbocycles. The second-order valence-electron chi connectivity index (χ2n) is 3.79. The van der Waals surface area contributed by atoms with Crippen LogP contribution < -0.4 is 0 Å². The van der Waals surface area contributed by atoms with Crippen molar-refractivity contribution in [3.05, 3.63) is 35.4 Å². The summed E-state index contributed by atoms with van der Waals surface area (Å²) in [6, 6.07) is 6.88. The molecule has 0 radical (unpaired) electrons. The molecule has 3 heteroatoms. The number of benzene rings is 1. The van der Waals surface area contributed by atoms with Gasteiger partial charge in [-0.05, 0) is 12.5 Å². The highest BCUT2D eigenvalue weighted by molar-refractivity contribution is 6.01. The van der Waals surface area contributed by atoms with Crippen LogP contribution in [0.1, 0.15) is 40.5 Å². The van der Waals surface area contributed by atoms with Gasteiger partial charge in [-0.1, -0.05) is 31.5 Å². The molecule has 0 unspecified atom stereocenters. The fourth-order valence-electron chi connectivity index (χ4n) is 1.50. The van der Waals surface area contributed by atoms with Crippen molar-refractivity contribution >= 4 is 12.2 Å². The second-order valence-corrected chi connectivity index (χ2v) is 3.79. The fraction of sp³-hybridized carbons (Fsp3) is 0.385. The lowest BCUT2D eigenvalue weighted by Gasteiger charge is -2.17. The summed E-state index contributed by atoms with van der Waals surface area (Å²) >= 11 is 0. The van der Waals surface area contributed by atoms with Crippen LogP contribution in [0.2, 0.25) is 0 Å². The average Bonchev–Trinajstić information content (AvgIpc) is 2.34. The van der Waals surface area contributed by atoms with E-state index in [4.69, 9.17) is 0 Å². The van der Waals surface area contributed by atoms with Crippen molar-refractivity contribution in [2.75, 3.05) is 13.6 Å². The van der Waals surface area contributed by atoms with Crippen LogP contribution in [0, 0.1) is 0 Å². The van der Waals surface area contributed by atoms with Gasteiger partial charge in [0.05, 0.1) is 5.56 Å². The lowest BCUT2D eigenvalue weighted by Crippen LogP contribution is -2.28. The SMILES string of the molecule is CCCCN(C)C(=O)c1ccccc1C=O. The lowest BCUT2D eigenvalue weighted by atomic mass is 10.1. The molecule has 16 heavy (non-hydrogen) atoms. The zero-order valence-electron chi connectivity index (χ0n) is 9.77. The monoisotopic (exact) mass is 219 g/mol. The Bertz CT molecular complexity index is 374. The van der Waals surface area contributed by atoms with Gasteiger partial charge in [0.2, 0.25) is 0 Å². The van der Waals surface area contributed by atoms with Gasteiger partial charge in [-0.3, -0.25) is 9.59 Å². The standard InChI is InChI=1S/C13H17NO2/c1-3-4-9-14(2)13(16)12-8-6-5-7-11(12)10-15/h5-8,10H,3-4,9H2,1-2H3. The molecule has 86 valence electrons. The summed E-state index contributed by atoms with van der Waals surface area (Å²) < 4.78 is 0. The van der Waals surface area contributed by atoms with Gasteiger partial charge in [-0.2, -0.15) is 0 Å². The Labute approximate surface area is 96.1 Å². The van der Waals surface area contributed by atoms with Gasteiger partial charge in [0.25, 0.3) is 5.91 Å². The van der Waals surface area contributed by atoms with E-state index in [0.29, 0.717) is 11.1 Å². The third-order valence-electron chi connectivity index (χ3n) is 2.51. The first kappa shape index (κ1) is 12.4. The smallest absolute Gasteiger partial charge is 0.254 e. The number of nitrogens with zero attached hydrogens (tertiary/aromatic N) is 1. The average molecular weight is 219 g/mol. The van der Waals surface area contributed by atoms with E-state index in [9.17, 15) is 9.59 Å². The Morgan fingerprint density at radius 3 is 2.69 bits per heavy atom. The highest BCUT2D eigenvalue weighted by Gasteiger charge is 2.14. The molecule has 0 heterocycles. The largest absolute Gasteiger partial charge is 0.342 e. The van der Waals surface area contributed by atoms with Gasteiger partial charge in [0, 0.05) is 19.2 Å². The second kappa shape index (κ2) is 6.05. The number of hydrogen-bond acceptors (Lipinski definition) is 2. The zero-order valence-corrected chi connectivity index (χ0v) is 9.77. The molecule has 1 aromatic rings. The summed E-state index contributed by atoms with van der Waals surface area (Å²) in [6.45, 7) is 2.81. The number of unbranched alkanes of at least 4 members (excludes halogenated alkanes) is 1. The van der Waals surface area contributed by atoms with E-state index in [2.05, 4.69) is 6.92 Å². The van der Waals surface area contributed by atoms with Crippen molar-refractivity contribution in [1.29, 1.82) is 0 Å². The first-order valence-corrected chi connectivity index (χ1v) is 5.50. The van der Waals surface area contributed by atoms with Crippen molar-refractivity contribution in [3.8, 4) is 0 Å². The Hall–Kier alpha value is -1.64. The van der Waals surface area contributed by atoms with Gasteiger partial charge in [-0.25, -0.2) is 0 Å². The maximum Gasteiger partial charge on any atom is 0.254 e. The van der Waals surface area contributed by atoms with Crippen LogP contribution in [0.5, 0.6) is 0 Å². The van der Waals surface area contributed by atoms with Crippen molar-refractivity contribution in [2.45, 2.75) is 19.8 Å². The van der Waals surface area contributed by atoms with Crippen LogP contribution in [0.15, 0.2) is 24.3 Å². The number of carbonyl (C=O) groups is 2. The van der Waals surface area contributed by atoms with E-state index in [-0.39, 0.29) is 5.91 Å². The Balaban J connectivity index is 2.83. The van der Waals surface area contributed by atoms with Gasteiger partial charge < -0.3 is 4.90 Å². The van der Waals surface area contributed by atoms with Crippen molar-refractivity contribution in [1.82, 2.24) is 4.90 Å². The molecule has 0 bridgehead atoms. The highest BCUT2D eigenvalue weighted by atomic mass is 16.2. The minimum absolute atomic E-state index is 0.0869. The quantitative estimate of drug-likeness (QED) is 0.713. The number of hydrogen-bond donors (Lipinski definition) is 0. The number of rotatable bonds is 5. The Kier molecular flexibility index (Phi) is 4.70. The molecule has 0 atom stereocenters. The first-order chi connectivity index (χ1) is 7.70. The molecule has 0 N–H and O–H groups in total. The maximum absolute atomic E-state index is 12.0. The van der Waals surface area contributed by atoms with E-state index in [1.54, 1.807) is 36.2 Å². The summed E-state index contributed by atoms with van der Waals surface area (Å²) in [5.74, 6) is -0.0869. The van der Waals surface area contributed by atoms with Crippen LogP contribution in [-0.4, -0.2) is 30.7 Å². The molecule has 0 aromatic heterocycles. The molecule has 0 fully saturated rings.